The van der Waals surface area contributed by atoms with Crippen molar-refractivity contribution in [2.24, 2.45) is 5.10 Å². The van der Waals surface area contributed by atoms with E-state index in [1.54, 1.807) is 42.5 Å². The largest absolute Gasteiger partial charge is 0.504 e. The molecule has 8 nitrogen and oxygen atoms in total. The number of ether oxygens (including phenoxy) is 1. The summed E-state index contributed by atoms with van der Waals surface area (Å²) in [4.78, 5) is 19.1. The van der Waals surface area contributed by atoms with Crippen LogP contribution in [0.2, 0.25) is 0 Å². The molecule has 1 heterocycles. The van der Waals surface area contributed by atoms with E-state index in [4.69, 9.17) is 4.74 Å². The van der Waals surface area contributed by atoms with Crippen molar-refractivity contribution in [3.8, 4) is 28.8 Å². The van der Waals surface area contributed by atoms with Gasteiger partial charge in [0.25, 0.3) is 5.56 Å². The number of hydrogen-bond acceptors (Lipinski definition) is 7. The zero-order chi connectivity index (χ0) is 22.2. The van der Waals surface area contributed by atoms with Crippen LogP contribution in [0.3, 0.4) is 0 Å². The molecule has 2 aromatic carbocycles. The summed E-state index contributed by atoms with van der Waals surface area (Å²) in [6, 6.07) is 14.3. The molecule has 31 heavy (non-hydrogen) atoms. The smallest absolute Gasteiger partial charge is 0.270 e. The molecule has 0 fully saturated rings. The van der Waals surface area contributed by atoms with E-state index in [9.17, 15) is 15.2 Å². The molecule has 0 aliphatic carbocycles. The van der Waals surface area contributed by atoms with Crippen molar-refractivity contribution in [1.82, 2.24) is 9.97 Å². The van der Waals surface area contributed by atoms with Crippen molar-refractivity contribution in [3.63, 3.8) is 0 Å². The van der Waals surface area contributed by atoms with E-state index in [1.807, 2.05) is 19.1 Å². The number of hydrogen-bond donors (Lipinski definition) is 3. The van der Waals surface area contributed by atoms with Crippen LogP contribution in [0.4, 0.5) is 5.95 Å². The number of rotatable bonds is 8. The van der Waals surface area contributed by atoms with Crippen LogP contribution in [0.5, 0.6) is 11.5 Å². The number of anilines is 1. The van der Waals surface area contributed by atoms with Crippen LogP contribution in [0.15, 0.2) is 65.0 Å². The monoisotopic (exact) mass is 415 g/mol. The number of allylic oxidation sites excluding steroid dienone is 1. The highest BCUT2D eigenvalue weighted by Crippen LogP contribution is 2.32. The molecule has 0 bridgehead atoms. The molecule has 0 spiro atoms. The van der Waals surface area contributed by atoms with Gasteiger partial charge in [-0.05, 0) is 31.0 Å². The zero-order valence-electron chi connectivity index (χ0n) is 16.9. The summed E-state index contributed by atoms with van der Waals surface area (Å²) in [5.74, 6) is 0.506. The number of aromatic amines is 1. The lowest BCUT2D eigenvalue weighted by molar-refractivity contribution is 0.317. The van der Waals surface area contributed by atoms with Crippen molar-refractivity contribution in [3.05, 3.63) is 82.2 Å². The van der Waals surface area contributed by atoms with Crippen LogP contribution >= 0.6 is 0 Å². The topological polar surface area (TPSA) is 123 Å². The third kappa shape index (κ3) is 4.97. The SMILES string of the molecule is C=CCc1cc(C=NNc2nc(-c3ccccc3)c(C#N)c(=O)[nH]2)cc(OCC)c1O. The lowest BCUT2D eigenvalue weighted by Gasteiger charge is -2.11. The van der Waals surface area contributed by atoms with Crippen molar-refractivity contribution >= 4 is 12.2 Å². The molecule has 8 heteroatoms. The molecule has 0 saturated heterocycles. The highest BCUT2D eigenvalue weighted by molar-refractivity contribution is 5.82. The van der Waals surface area contributed by atoms with E-state index in [2.05, 4.69) is 27.1 Å². The maximum absolute atomic E-state index is 12.3. The fourth-order valence-electron chi connectivity index (χ4n) is 2.94. The van der Waals surface area contributed by atoms with Crippen LogP contribution in [0.25, 0.3) is 11.3 Å². The number of hydrazone groups is 1. The van der Waals surface area contributed by atoms with Crippen LogP contribution in [-0.4, -0.2) is 27.9 Å². The predicted octanol–water partition coefficient (Wildman–Crippen LogP) is 3.59. The molecule has 0 radical (unpaired) electrons. The fourth-order valence-corrected chi connectivity index (χ4v) is 2.94. The van der Waals surface area contributed by atoms with E-state index in [1.165, 1.54) is 6.21 Å². The molecule has 1 aromatic heterocycles. The van der Waals surface area contributed by atoms with Gasteiger partial charge in [-0.1, -0.05) is 36.4 Å². The number of nitrogens with zero attached hydrogens (tertiary/aromatic N) is 3. The molecular formula is C23H21N5O3. The summed E-state index contributed by atoms with van der Waals surface area (Å²) in [5, 5.41) is 23.7. The van der Waals surface area contributed by atoms with Crippen molar-refractivity contribution in [1.29, 1.82) is 5.26 Å². The minimum Gasteiger partial charge on any atom is -0.504 e. The second-order valence-electron chi connectivity index (χ2n) is 6.44. The Kier molecular flexibility index (Phi) is 6.81. The number of nitrogens with one attached hydrogen (secondary N) is 2. The molecule has 0 saturated carbocycles. The zero-order valence-corrected chi connectivity index (χ0v) is 16.9. The number of aromatic hydroxyl groups is 1. The van der Waals surface area contributed by atoms with Gasteiger partial charge >= 0.3 is 0 Å². The van der Waals surface area contributed by atoms with E-state index in [-0.39, 0.29) is 23.0 Å². The summed E-state index contributed by atoms with van der Waals surface area (Å²) in [6.45, 7) is 5.92. The first kappa shape index (κ1) is 21.3. The Bertz CT molecular complexity index is 1210. The maximum Gasteiger partial charge on any atom is 0.270 e. The standard InChI is InChI=1S/C23H21N5O3/c1-3-8-17-11-15(12-19(21(17)29)31-4-2)14-25-28-23-26-20(16-9-6-5-7-10-16)18(13-24)22(30)27-23/h3,5-7,9-12,14,29H,1,4,8H2,2H3,(H2,26,27,28,30). The van der Waals surface area contributed by atoms with Crippen LogP contribution in [0, 0.1) is 11.3 Å². The van der Waals surface area contributed by atoms with E-state index < -0.39 is 5.56 Å². The van der Waals surface area contributed by atoms with Gasteiger partial charge in [-0.3, -0.25) is 9.78 Å². The van der Waals surface area contributed by atoms with Crippen molar-refractivity contribution in [2.75, 3.05) is 12.0 Å². The third-order valence-corrected chi connectivity index (χ3v) is 4.30. The number of phenolic OH excluding ortho intramolecular Hbond substituents is 1. The molecule has 0 aliphatic heterocycles. The number of phenols is 1. The molecule has 0 atom stereocenters. The van der Waals surface area contributed by atoms with Gasteiger partial charge in [0.2, 0.25) is 5.95 Å². The molecular weight excluding hydrogens is 394 g/mol. The Morgan fingerprint density at radius 1 is 1.35 bits per heavy atom. The van der Waals surface area contributed by atoms with Crippen molar-refractivity contribution in [2.45, 2.75) is 13.3 Å². The number of aromatic nitrogens is 2. The maximum atomic E-state index is 12.3. The van der Waals surface area contributed by atoms with Crippen LogP contribution in [-0.2, 0) is 6.42 Å². The molecule has 0 unspecified atom stereocenters. The van der Waals surface area contributed by atoms with Gasteiger partial charge in [0, 0.05) is 11.1 Å². The first-order valence-corrected chi connectivity index (χ1v) is 9.55. The van der Waals surface area contributed by atoms with Gasteiger partial charge in [0.05, 0.1) is 18.5 Å². The van der Waals surface area contributed by atoms with E-state index in [0.29, 0.717) is 35.5 Å². The Morgan fingerprint density at radius 3 is 2.81 bits per heavy atom. The predicted molar refractivity (Wildman–Crippen MR) is 119 cm³/mol. The molecule has 3 rings (SSSR count). The Labute approximate surface area is 179 Å². The van der Waals surface area contributed by atoms with E-state index in [0.717, 1.165) is 0 Å². The summed E-state index contributed by atoms with van der Waals surface area (Å²) in [5.41, 5.74) is 4.28. The van der Waals surface area contributed by atoms with Gasteiger partial charge in [0.15, 0.2) is 11.5 Å². The first-order valence-electron chi connectivity index (χ1n) is 9.55. The second kappa shape index (κ2) is 9.89. The fraction of sp³-hybridized carbons (Fsp3) is 0.130. The highest BCUT2D eigenvalue weighted by atomic mass is 16.5. The first-order chi connectivity index (χ1) is 15.1. The molecule has 0 aliphatic rings. The molecule has 0 amide bonds. The van der Waals surface area contributed by atoms with E-state index >= 15 is 0 Å². The third-order valence-electron chi connectivity index (χ3n) is 4.30. The van der Waals surface area contributed by atoms with Crippen LogP contribution in [0.1, 0.15) is 23.6 Å². The number of H-pyrrole nitrogens is 1. The normalized spacial score (nSPS) is 10.6. The Balaban J connectivity index is 1.91. The molecule has 3 aromatic rings. The van der Waals surface area contributed by atoms with Crippen molar-refractivity contribution < 1.29 is 9.84 Å². The summed E-state index contributed by atoms with van der Waals surface area (Å²) >= 11 is 0. The second-order valence-corrected chi connectivity index (χ2v) is 6.44. The Morgan fingerprint density at radius 2 is 2.13 bits per heavy atom. The summed E-state index contributed by atoms with van der Waals surface area (Å²) in [7, 11) is 0. The summed E-state index contributed by atoms with van der Waals surface area (Å²) in [6.07, 6.45) is 3.65. The van der Waals surface area contributed by atoms with Crippen LogP contribution < -0.4 is 15.7 Å². The van der Waals surface area contributed by atoms with Gasteiger partial charge in [-0.2, -0.15) is 10.4 Å². The average Bonchev–Trinajstić information content (AvgIpc) is 2.77. The summed E-state index contributed by atoms with van der Waals surface area (Å²) < 4.78 is 5.48. The number of nitriles is 1. The minimum absolute atomic E-state index is 0.0671. The van der Waals surface area contributed by atoms with Gasteiger partial charge in [-0.15, -0.1) is 6.58 Å². The average molecular weight is 415 g/mol. The van der Waals surface area contributed by atoms with Gasteiger partial charge in [-0.25, -0.2) is 10.4 Å². The van der Waals surface area contributed by atoms with Gasteiger partial charge < -0.3 is 9.84 Å². The Hall–Kier alpha value is -4.38. The highest BCUT2D eigenvalue weighted by Gasteiger charge is 2.13. The molecule has 3 N–H and O–H groups in total. The molecule has 156 valence electrons. The minimum atomic E-state index is -0.564. The quantitative estimate of drug-likeness (QED) is 0.293. The lowest BCUT2D eigenvalue weighted by atomic mass is 10.1. The number of benzene rings is 2. The lowest BCUT2D eigenvalue weighted by Crippen LogP contribution is -2.16. The van der Waals surface area contributed by atoms with Gasteiger partial charge in [0.1, 0.15) is 11.6 Å².